The summed E-state index contributed by atoms with van der Waals surface area (Å²) in [7, 11) is 0. The van der Waals surface area contributed by atoms with Gasteiger partial charge in [0.05, 0.1) is 6.61 Å². The molecule has 0 saturated carbocycles. The van der Waals surface area contributed by atoms with Crippen molar-refractivity contribution in [2.24, 2.45) is 0 Å². The molecule has 0 bridgehead atoms. The minimum Gasteiger partial charge on any atom is -0.493 e. The van der Waals surface area contributed by atoms with Gasteiger partial charge >= 0.3 is 0 Å². The number of rotatable bonds is 2. The zero-order valence-corrected chi connectivity index (χ0v) is 9.67. The number of carbonyl (C=O) groups is 1. The van der Waals surface area contributed by atoms with Crippen LogP contribution in [0.2, 0.25) is 0 Å². The van der Waals surface area contributed by atoms with E-state index >= 15 is 0 Å². The average molecular weight is 240 g/mol. The first-order valence-electron chi connectivity index (χ1n) is 5.35. The zero-order chi connectivity index (χ0) is 11.4. The number of amides is 1. The number of carbonyl (C=O) groups excluding carboxylic acids is 1. The van der Waals surface area contributed by atoms with Gasteiger partial charge in [-0.2, -0.15) is 0 Å². The molecule has 1 aromatic rings. The lowest BCUT2D eigenvalue weighted by molar-refractivity contribution is -0.119. The van der Waals surface area contributed by atoms with Crippen LogP contribution in [-0.2, 0) is 11.2 Å². The molecule has 0 aliphatic carbocycles. The van der Waals surface area contributed by atoms with Crippen molar-refractivity contribution in [3.8, 4) is 5.75 Å². The summed E-state index contributed by atoms with van der Waals surface area (Å²) in [6, 6.07) is 8.04. The van der Waals surface area contributed by atoms with Gasteiger partial charge in [0.25, 0.3) is 0 Å². The van der Waals surface area contributed by atoms with Gasteiger partial charge in [0.15, 0.2) is 0 Å². The first-order valence-corrected chi connectivity index (χ1v) is 5.89. The lowest BCUT2D eigenvalue weighted by atomic mass is 10.0. The Morgan fingerprint density at radius 2 is 2.31 bits per heavy atom. The quantitative estimate of drug-likeness (QED) is 0.799. The van der Waals surface area contributed by atoms with Gasteiger partial charge < -0.3 is 10.1 Å². The van der Waals surface area contributed by atoms with E-state index in [1.165, 1.54) is 0 Å². The van der Waals surface area contributed by atoms with E-state index in [4.69, 9.17) is 16.3 Å². The van der Waals surface area contributed by atoms with Crippen LogP contribution in [0.15, 0.2) is 24.3 Å². The molecule has 1 aliphatic rings. The molecule has 0 spiro atoms. The van der Waals surface area contributed by atoms with Gasteiger partial charge in [-0.15, -0.1) is 11.6 Å². The molecule has 2 rings (SSSR count). The van der Waals surface area contributed by atoms with Crippen LogP contribution < -0.4 is 10.1 Å². The number of para-hydroxylation sites is 1. The Morgan fingerprint density at radius 1 is 1.50 bits per heavy atom. The molecule has 0 saturated heterocycles. The van der Waals surface area contributed by atoms with E-state index in [-0.39, 0.29) is 17.8 Å². The third-order valence-corrected chi connectivity index (χ3v) is 2.89. The maximum Gasteiger partial charge on any atom is 0.235 e. The third-order valence-electron chi connectivity index (χ3n) is 2.65. The highest BCUT2D eigenvalue weighted by Crippen LogP contribution is 2.23. The van der Waals surface area contributed by atoms with E-state index in [0.717, 1.165) is 24.2 Å². The number of halogens is 1. The predicted octanol–water partition coefficient (Wildman–Crippen LogP) is 1.74. The van der Waals surface area contributed by atoms with Crippen molar-refractivity contribution in [3.63, 3.8) is 0 Å². The Hall–Kier alpha value is -1.22. The molecule has 1 unspecified atom stereocenters. The molecule has 1 aliphatic heterocycles. The summed E-state index contributed by atoms with van der Waals surface area (Å²) in [5.41, 5.74) is 1.14. The molecule has 0 aromatic heterocycles. The van der Waals surface area contributed by atoms with Gasteiger partial charge in [-0.05, 0) is 18.1 Å². The van der Waals surface area contributed by atoms with Gasteiger partial charge in [-0.25, -0.2) is 0 Å². The summed E-state index contributed by atoms with van der Waals surface area (Å²) in [5.74, 6) is 0.815. The van der Waals surface area contributed by atoms with Crippen molar-refractivity contribution in [3.05, 3.63) is 29.8 Å². The first-order chi connectivity index (χ1) is 7.79. The minimum absolute atomic E-state index is 0.0129. The van der Waals surface area contributed by atoms with Gasteiger partial charge in [-0.3, -0.25) is 4.79 Å². The van der Waals surface area contributed by atoms with Gasteiger partial charge in [0, 0.05) is 12.5 Å². The molecule has 3 nitrogen and oxygen atoms in total. The number of ether oxygens (including phenoxy) is 1. The molecule has 0 radical (unpaired) electrons. The van der Waals surface area contributed by atoms with E-state index in [1.54, 1.807) is 0 Å². The van der Waals surface area contributed by atoms with E-state index in [0.29, 0.717) is 6.61 Å². The molecule has 1 aromatic carbocycles. The Labute approximate surface area is 99.7 Å². The summed E-state index contributed by atoms with van der Waals surface area (Å²) in [4.78, 5) is 11.2. The van der Waals surface area contributed by atoms with Crippen LogP contribution in [0.3, 0.4) is 0 Å². The molecular weight excluding hydrogens is 226 g/mol. The SMILES string of the molecule is O=C(CCl)NC1CCOc2ccccc2C1. The van der Waals surface area contributed by atoms with E-state index < -0.39 is 0 Å². The normalized spacial score (nSPS) is 19.2. The van der Waals surface area contributed by atoms with Crippen molar-refractivity contribution >= 4 is 17.5 Å². The van der Waals surface area contributed by atoms with Crippen LogP contribution >= 0.6 is 11.6 Å². The second kappa shape index (κ2) is 5.21. The van der Waals surface area contributed by atoms with Crippen molar-refractivity contribution < 1.29 is 9.53 Å². The molecule has 1 atom stereocenters. The summed E-state index contributed by atoms with van der Waals surface area (Å²) < 4.78 is 5.61. The Morgan fingerprint density at radius 3 is 3.12 bits per heavy atom. The van der Waals surface area contributed by atoms with Gasteiger partial charge in [0.2, 0.25) is 5.91 Å². The number of benzene rings is 1. The Balaban J connectivity index is 2.07. The average Bonchev–Trinajstić information content (AvgIpc) is 2.50. The molecular formula is C12H14ClNO2. The standard InChI is InChI=1S/C12H14ClNO2/c13-8-12(15)14-10-5-6-16-11-4-2-1-3-9(11)7-10/h1-4,10H,5-8H2,(H,14,15). The Bertz CT molecular complexity index is 381. The summed E-state index contributed by atoms with van der Waals surface area (Å²) >= 11 is 5.47. The molecule has 86 valence electrons. The molecule has 0 fully saturated rings. The van der Waals surface area contributed by atoms with Gasteiger partial charge in [-0.1, -0.05) is 18.2 Å². The number of nitrogens with one attached hydrogen (secondary N) is 1. The summed E-state index contributed by atoms with van der Waals surface area (Å²) in [5, 5.41) is 2.90. The smallest absolute Gasteiger partial charge is 0.235 e. The van der Waals surface area contributed by atoms with Crippen LogP contribution in [0, 0.1) is 0 Å². The van der Waals surface area contributed by atoms with E-state index in [2.05, 4.69) is 5.32 Å². The van der Waals surface area contributed by atoms with Crippen molar-refractivity contribution in [2.75, 3.05) is 12.5 Å². The second-order valence-electron chi connectivity index (χ2n) is 3.85. The largest absolute Gasteiger partial charge is 0.493 e. The molecule has 1 N–H and O–H groups in total. The maximum absolute atomic E-state index is 11.2. The lowest BCUT2D eigenvalue weighted by Gasteiger charge is -2.14. The number of alkyl halides is 1. The van der Waals surface area contributed by atoms with Crippen LogP contribution in [0.1, 0.15) is 12.0 Å². The summed E-state index contributed by atoms with van der Waals surface area (Å²) in [6.07, 6.45) is 1.62. The predicted molar refractivity (Wildman–Crippen MR) is 62.9 cm³/mol. The molecule has 16 heavy (non-hydrogen) atoms. The zero-order valence-electron chi connectivity index (χ0n) is 8.91. The topological polar surface area (TPSA) is 38.3 Å². The van der Waals surface area contributed by atoms with Crippen LogP contribution in [0.25, 0.3) is 0 Å². The fourth-order valence-electron chi connectivity index (χ4n) is 1.88. The second-order valence-corrected chi connectivity index (χ2v) is 4.11. The van der Waals surface area contributed by atoms with Crippen LogP contribution in [0.5, 0.6) is 5.75 Å². The maximum atomic E-state index is 11.2. The molecule has 1 amide bonds. The highest BCUT2D eigenvalue weighted by atomic mass is 35.5. The molecule has 1 heterocycles. The fourth-order valence-corrected chi connectivity index (χ4v) is 1.96. The Kier molecular flexibility index (Phi) is 3.67. The van der Waals surface area contributed by atoms with Crippen molar-refractivity contribution in [2.45, 2.75) is 18.9 Å². The lowest BCUT2D eigenvalue weighted by Crippen LogP contribution is -2.37. The van der Waals surface area contributed by atoms with Crippen molar-refractivity contribution in [1.29, 1.82) is 0 Å². The minimum atomic E-state index is -0.119. The van der Waals surface area contributed by atoms with Gasteiger partial charge in [0.1, 0.15) is 11.6 Å². The number of hydrogen-bond donors (Lipinski definition) is 1. The van der Waals surface area contributed by atoms with Crippen LogP contribution in [-0.4, -0.2) is 24.4 Å². The first kappa shape index (κ1) is 11.3. The molecule has 4 heteroatoms. The number of fused-ring (bicyclic) bond motifs is 1. The fraction of sp³-hybridized carbons (Fsp3) is 0.417. The highest BCUT2D eigenvalue weighted by Gasteiger charge is 2.18. The van der Waals surface area contributed by atoms with Crippen LogP contribution in [0.4, 0.5) is 0 Å². The number of hydrogen-bond acceptors (Lipinski definition) is 2. The van der Waals surface area contributed by atoms with Crippen molar-refractivity contribution in [1.82, 2.24) is 5.32 Å². The summed E-state index contributed by atoms with van der Waals surface area (Å²) in [6.45, 7) is 0.629. The van der Waals surface area contributed by atoms with E-state index in [1.807, 2.05) is 24.3 Å². The third kappa shape index (κ3) is 2.67. The van der Waals surface area contributed by atoms with E-state index in [9.17, 15) is 4.79 Å². The monoisotopic (exact) mass is 239 g/mol. The highest BCUT2D eigenvalue weighted by molar-refractivity contribution is 6.27.